The molecule has 1 aliphatic rings. The van der Waals surface area contributed by atoms with Crippen LogP contribution in [0.1, 0.15) is 46.3 Å². The molecule has 0 radical (unpaired) electrons. The van der Waals surface area contributed by atoms with Crippen molar-refractivity contribution in [3.63, 3.8) is 0 Å². The smallest absolute Gasteiger partial charge is 0.367 e. The van der Waals surface area contributed by atoms with Gasteiger partial charge >= 0.3 is 11.9 Å². The number of rotatable bonds is 7. The average molecular weight is 465 g/mol. The number of allylic oxidation sites excluding steroid dienone is 1. The number of benzene rings is 2. The SMILES string of the molecule is C#C[C@@H](OC(=O)[C@@H]1[C@H](/C=C(/F)C(=O)OC(C)(C)C)C1(C)C)c1cccc(Oc2ccccc2)c1. The Bertz CT molecular complexity index is 1120. The van der Waals surface area contributed by atoms with Crippen LogP contribution in [-0.4, -0.2) is 17.5 Å². The molecule has 2 aromatic rings. The Morgan fingerprint density at radius 1 is 1.09 bits per heavy atom. The molecule has 1 fully saturated rings. The van der Waals surface area contributed by atoms with Gasteiger partial charge < -0.3 is 14.2 Å². The van der Waals surface area contributed by atoms with Crippen LogP contribution in [0.5, 0.6) is 11.5 Å². The highest BCUT2D eigenvalue weighted by atomic mass is 19.1. The van der Waals surface area contributed by atoms with Crippen LogP contribution in [0, 0.1) is 29.6 Å². The number of halogens is 1. The maximum absolute atomic E-state index is 14.4. The van der Waals surface area contributed by atoms with E-state index in [4.69, 9.17) is 20.6 Å². The first-order chi connectivity index (χ1) is 15.9. The predicted octanol–water partition coefficient (Wildman–Crippen LogP) is 6.16. The molecule has 3 rings (SSSR count). The van der Waals surface area contributed by atoms with Crippen LogP contribution in [0.4, 0.5) is 4.39 Å². The normalized spacial score (nSPS) is 20.0. The average Bonchev–Trinajstić information content (AvgIpc) is 3.31. The first kappa shape index (κ1) is 25.0. The lowest BCUT2D eigenvalue weighted by Gasteiger charge is -2.18. The van der Waals surface area contributed by atoms with Gasteiger partial charge in [-0.1, -0.05) is 50.1 Å². The van der Waals surface area contributed by atoms with Crippen LogP contribution in [0.2, 0.25) is 0 Å². The first-order valence-electron chi connectivity index (χ1n) is 11.0. The Balaban J connectivity index is 1.69. The van der Waals surface area contributed by atoms with Crippen molar-refractivity contribution in [2.24, 2.45) is 17.3 Å². The summed E-state index contributed by atoms with van der Waals surface area (Å²) in [5.74, 6) is -0.0924. The highest BCUT2D eigenvalue weighted by Gasteiger charge is 2.62. The lowest BCUT2D eigenvalue weighted by atomic mass is 10.1. The van der Waals surface area contributed by atoms with Gasteiger partial charge in [-0.15, -0.1) is 6.42 Å². The maximum Gasteiger partial charge on any atom is 0.367 e. The second-order valence-corrected chi connectivity index (χ2v) is 9.81. The van der Waals surface area contributed by atoms with E-state index in [1.807, 2.05) is 44.2 Å². The van der Waals surface area contributed by atoms with Crippen molar-refractivity contribution in [1.29, 1.82) is 0 Å². The third kappa shape index (κ3) is 6.05. The first-order valence-corrected chi connectivity index (χ1v) is 11.0. The lowest BCUT2D eigenvalue weighted by molar-refractivity contribution is -0.152. The molecule has 0 aromatic heterocycles. The molecule has 2 aromatic carbocycles. The van der Waals surface area contributed by atoms with Crippen LogP contribution in [-0.2, 0) is 19.1 Å². The third-order valence-electron chi connectivity index (χ3n) is 5.61. The van der Waals surface area contributed by atoms with E-state index in [0.29, 0.717) is 17.1 Å². The van der Waals surface area contributed by atoms with E-state index in [1.54, 1.807) is 45.0 Å². The minimum Gasteiger partial charge on any atom is -0.457 e. The summed E-state index contributed by atoms with van der Waals surface area (Å²) in [5.41, 5.74) is -0.832. The molecule has 0 heterocycles. The van der Waals surface area contributed by atoms with E-state index in [0.717, 1.165) is 6.08 Å². The maximum atomic E-state index is 14.4. The second kappa shape index (κ2) is 9.72. The molecule has 0 saturated heterocycles. The van der Waals surface area contributed by atoms with Crippen LogP contribution in [0.15, 0.2) is 66.5 Å². The van der Waals surface area contributed by atoms with Gasteiger partial charge in [0.15, 0.2) is 6.10 Å². The zero-order chi connectivity index (χ0) is 25.1. The highest BCUT2D eigenvalue weighted by molar-refractivity contribution is 5.87. The zero-order valence-corrected chi connectivity index (χ0v) is 20.0. The Morgan fingerprint density at radius 3 is 2.35 bits per heavy atom. The van der Waals surface area contributed by atoms with E-state index in [-0.39, 0.29) is 0 Å². The molecule has 0 unspecified atom stereocenters. The van der Waals surface area contributed by atoms with Gasteiger partial charge in [-0.25, -0.2) is 4.79 Å². The van der Waals surface area contributed by atoms with Crippen LogP contribution in [0.3, 0.4) is 0 Å². The van der Waals surface area contributed by atoms with Crippen molar-refractivity contribution in [1.82, 2.24) is 0 Å². The van der Waals surface area contributed by atoms with E-state index in [9.17, 15) is 14.0 Å². The second-order valence-electron chi connectivity index (χ2n) is 9.81. The topological polar surface area (TPSA) is 61.8 Å². The van der Waals surface area contributed by atoms with Crippen LogP contribution < -0.4 is 4.74 Å². The standard InChI is InChI=1S/C28H29FO5/c1-7-23(18-12-11-15-20(16-18)32-19-13-9-8-10-14-19)33-26(31)24-21(28(24,5)6)17-22(29)25(30)34-27(2,3)4/h1,8-17,21,23-24H,2-6H3/b22-17+/t21-,23+,24-/m0/s1. The monoisotopic (exact) mass is 464 g/mol. The molecule has 0 aliphatic heterocycles. The molecule has 5 nitrogen and oxygen atoms in total. The Hall–Kier alpha value is -3.59. The van der Waals surface area contributed by atoms with Gasteiger partial charge in [-0.3, -0.25) is 4.79 Å². The lowest BCUT2D eigenvalue weighted by Crippen LogP contribution is -2.24. The summed E-state index contributed by atoms with van der Waals surface area (Å²) in [7, 11) is 0. The number of carbonyl (C=O) groups is 2. The van der Waals surface area contributed by atoms with Crippen molar-refractivity contribution >= 4 is 11.9 Å². The molecule has 0 amide bonds. The van der Waals surface area contributed by atoms with E-state index < -0.39 is 46.7 Å². The van der Waals surface area contributed by atoms with Crippen molar-refractivity contribution in [2.45, 2.75) is 46.3 Å². The van der Waals surface area contributed by atoms with E-state index >= 15 is 0 Å². The molecule has 1 aliphatic carbocycles. The molecule has 34 heavy (non-hydrogen) atoms. The molecule has 178 valence electrons. The van der Waals surface area contributed by atoms with Crippen molar-refractivity contribution in [3.8, 4) is 23.8 Å². The Morgan fingerprint density at radius 2 is 1.74 bits per heavy atom. The van der Waals surface area contributed by atoms with Gasteiger partial charge in [0, 0.05) is 5.56 Å². The summed E-state index contributed by atoms with van der Waals surface area (Å²) < 4.78 is 30.9. The predicted molar refractivity (Wildman–Crippen MR) is 126 cm³/mol. The minimum atomic E-state index is -1.06. The Kier molecular flexibility index (Phi) is 7.16. The quantitative estimate of drug-likeness (QED) is 0.279. The molecule has 6 heteroatoms. The summed E-state index contributed by atoms with van der Waals surface area (Å²) in [6.45, 7) is 8.57. The molecule has 0 spiro atoms. The minimum absolute atomic E-state index is 0.515. The van der Waals surface area contributed by atoms with Gasteiger partial charge in [0.25, 0.3) is 0 Å². The summed E-state index contributed by atoms with van der Waals surface area (Å²) in [6.07, 6.45) is 5.85. The number of ether oxygens (including phenoxy) is 3. The van der Waals surface area contributed by atoms with Gasteiger partial charge in [0.1, 0.15) is 17.1 Å². The van der Waals surface area contributed by atoms with Crippen molar-refractivity contribution in [3.05, 3.63) is 72.1 Å². The Labute approximate surface area is 199 Å². The third-order valence-corrected chi connectivity index (χ3v) is 5.61. The molecule has 0 bridgehead atoms. The molecule has 1 saturated carbocycles. The number of carbonyl (C=O) groups excluding carboxylic acids is 2. The molecule has 0 N–H and O–H groups in total. The van der Waals surface area contributed by atoms with E-state index in [1.165, 1.54) is 0 Å². The number of hydrogen-bond acceptors (Lipinski definition) is 5. The fourth-order valence-electron chi connectivity index (χ4n) is 3.74. The number of para-hydroxylation sites is 1. The van der Waals surface area contributed by atoms with Crippen LogP contribution in [0.25, 0.3) is 0 Å². The fourth-order valence-corrected chi connectivity index (χ4v) is 3.74. The van der Waals surface area contributed by atoms with E-state index in [2.05, 4.69) is 5.92 Å². The summed E-state index contributed by atoms with van der Waals surface area (Å²) in [4.78, 5) is 24.9. The molecular weight excluding hydrogens is 435 g/mol. The number of esters is 2. The van der Waals surface area contributed by atoms with Crippen molar-refractivity contribution in [2.75, 3.05) is 0 Å². The number of terminal acetylenes is 1. The van der Waals surface area contributed by atoms with Crippen molar-refractivity contribution < 1.29 is 28.2 Å². The van der Waals surface area contributed by atoms with Gasteiger partial charge in [-0.2, -0.15) is 4.39 Å². The summed E-state index contributed by atoms with van der Waals surface area (Å²) in [5, 5.41) is 0. The largest absolute Gasteiger partial charge is 0.457 e. The number of hydrogen-bond donors (Lipinski definition) is 0. The zero-order valence-electron chi connectivity index (χ0n) is 20.0. The fraction of sp³-hybridized carbons (Fsp3) is 0.357. The van der Waals surface area contributed by atoms with Gasteiger partial charge in [0.05, 0.1) is 5.92 Å². The molecule has 3 atom stereocenters. The van der Waals surface area contributed by atoms with Gasteiger partial charge in [0.2, 0.25) is 5.83 Å². The summed E-state index contributed by atoms with van der Waals surface area (Å²) >= 11 is 0. The van der Waals surface area contributed by atoms with Gasteiger partial charge in [-0.05, 0) is 62.4 Å². The van der Waals surface area contributed by atoms with Crippen LogP contribution >= 0.6 is 0 Å². The highest BCUT2D eigenvalue weighted by Crippen LogP contribution is 2.60. The molecular formula is C28H29FO5. The summed E-state index contributed by atoms with van der Waals surface area (Å²) in [6, 6.07) is 16.2.